The normalized spacial score (nSPS) is 48.5. The molecule has 6 nitrogen and oxygen atoms in total. The van der Waals surface area contributed by atoms with Crippen molar-refractivity contribution in [3.8, 4) is 0 Å². The Morgan fingerprint density at radius 1 is 1.25 bits per heavy atom. The first-order valence-electron chi connectivity index (χ1n) is 10.7. The lowest BCUT2D eigenvalue weighted by Crippen LogP contribution is -2.63. The van der Waals surface area contributed by atoms with Gasteiger partial charge in [0.2, 0.25) is 0 Å². The van der Waals surface area contributed by atoms with Gasteiger partial charge in [-0.05, 0) is 48.9 Å². The molecule has 0 radical (unpaired) electrons. The Morgan fingerprint density at radius 3 is 2.54 bits per heavy atom. The van der Waals surface area contributed by atoms with Crippen LogP contribution in [0, 0.1) is 34.0 Å². The number of hydrogen-bond acceptors (Lipinski definition) is 6. The zero-order valence-electron chi connectivity index (χ0n) is 17.6. The average Bonchev–Trinajstić information content (AvgIpc) is 3.03. The number of rotatable bonds is 4. The molecule has 3 rings (SSSR count). The summed E-state index contributed by atoms with van der Waals surface area (Å²) in [4.78, 5) is 24.7. The summed E-state index contributed by atoms with van der Waals surface area (Å²) < 4.78 is 5.25. The largest absolute Gasteiger partial charge is 0.464 e. The highest BCUT2D eigenvalue weighted by Crippen LogP contribution is 2.67. The average molecular weight is 397 g/mol. The fourth-order valence-electron chi connectivity index (χ4n) is 6.93. The molecule has 28 heavy (non-hydrogen) atoms. The molecule has 3 aliphatic carbocycles. The van der Waals surface area contributed by atoms with E-state index in [1.165, 1.54) is 0 Å². The minimum absolute atomic E-state index is 0.0401. The number of aliphatic hydroxyl groups is 3. The summed E-state index contributed by atoms with van der Waals surface area (Å²) in [5, 5.41) is 31.7. The maximum absolute atomic E-state index is 13.1. The lowest BCUT2D eigenvalue weighted by atomic mass is 9.43. The molecule has 3 fully saturated rings. The van der Waals surface area contributed by atoms with E-state index in [-0.39, 0.29) is 35.6 Å². The fourth-order valence-corrected chi connectivity index (χ4v) is 6.93. The van der Waals surface area contributed by atoms with Gasteiger partial charge in [-0.15, -0.1) is 0 Å². The third-order valence-corrected chi connectivity index (χ3v) is 9.05. The molecule has 6 heteroatoms. The fraction of sp³-hybridized carbons (Fsp3) is 0.909. The smallest absolute Gasteiger partial charge is 0.331 e. The maximum atomic E-state index is 13.1. The lowest BCUT2D eigenvalue weighted by Gasteiger charge is -2.62. The van der Waals surface area contributed by atoms with Crippen molar-refractivity contribution in [2.45, 2.75) is 78.4 Å². The highest BCUT2D eigenvalue weighted by atomic mass is 16.5. The van der Waals surface area contributed by atoms with Crippen LogP contribution in [0.4, 0.5) is 0 Å². The van der Waals surface area contributed by atoms with Gasteiger partial charge in [0.25, 0.3) is 0 Å². The zero-order chi connectivity index (χ0) is 20.9. The third kappa shape index (κ3) is 2.94. The number of carbonyl (C=O) groups excluding carboxylic acids is 2. The predicted molar refractivity (Wildman–Crippen MR) is 103 cm³/mol. The number of ether oxygens (including phenoxy) is 1. The third-order valence-electron chi connectivity index (χ3n) is 9.05. The van der Waals surface area contributed by atoms with E-state index in [0.29, 0.717) is 12.8 Å². The summed E-state index contributed by atoms with van der Waals surface area (Å²) in [6, 6.07) is 0. The SMILES string of the molecule is CC[C@@]1(C)C[C@@H](O)[C@@]2(C)C3C(=O)CC[C@@]3(CC[C@H]2COC(=O)CO)[C@@H](C)[C@@H]1O. The summed E-state index contributed by atoms with van der Waals surface area (Å²) in [5.74, 6) is -1.05. The molecular weight excluding hydrogens is 360 g/mol. The van der Waals surface area contributed by atoms with Crippen molar-refractivity contribution in [1.29, 1.82) is 0 Å². The van der Waals surface area contributed by atoms with Gasteiger partial charge in [-0.1, -0.05) is 27.7 Å². The van der Waals surface area contributed by atoms with Crippen molar-refractivity contribution >= 4 is 11.8 Å². The second-order valence-corrected chi connectivity index (χ2v) is 10.0. The second-order valence-electron chi connectivity index (χ2n) is 10.0. The Labute approximate surface area is 167 Å². The monoisotopic (exact) mass is 396 g/mol. The summed E-state index contributed by atoms with van der Waals surface area (Å²) in [7, 11) is 0. The van der Waals surface area contributed by atoms with Crippen LogP contribution in [0.3, 0.4) is 0 Å². The minimum atomic E-state index is -0.774. The summed E-state index contributed by atoms with van der Waals surface area (Å²) >= 11 is 0. The topological polar surface area (TPSA) is 104 Å². The summed E-state index contributed by atoms with van der Waals surface area (Å²) in [6.07, 6.45) is 2.55. The van der Waals surface area contributed by atoms with Gasteiger partial charge in [0, 0.05) is 23.7 Å². The molecule has 3 saturated carbocycles. The van der Waals surface area contributed by atoms with E-state index >= 15 is 0 Å². The molecular formula is C22H36O6. The van der Waals surface area contributed by atoms with Gasteiger partial charge in [0.1, 0.15) is 12.4 Å². The summed E-state index contributed by atoms with van der Waals surface area (Å²) in [5.41, 5.74) is -1.47. The number of hydrogen-bond donors (Lipinski definition) is 3. The van der Waals surface area contributed by atoms with Crippen LogP contribution >= 0.6 is 0 Å². The highest BCUT2D eigenvalue weighted by molar-refractivity contribution is 5.85. The zero-order valence-corrected chi connectivity index (χ0v) is 17.6. The van der Waals surface area contributed by atoms with Crippen LogP contribution in [0.15, 0.2) is 0 Å². The standard InChI is InChI=1S/C22H36O6/c1-5-20(3)10-16(25)21(4)14(12-28-17(26)11-23)6-8-22(13(2)19(20)27)9-7-15(24)18(21)22/h13-14,16,18-19,23,25,27H,5-12H2,1-4H3/t13-,14-,16+,18?,19-,20-,21-,22-/m0/s1. The molecule has 0 aromatic carbocycles. The van der Waals surface area contributed by atoms with Crippen LogP contribution in [-0.2, 0) is 14.3 Å². The van der Waals surface area contributed by atoms with Crippen molar-refractivity contribution in [3.63, 3.8) is 0 Å². The second kappa shape index (κ2) is 7.37. The Hall–Kier alpha value is -0.980. The first-order valence-corrected chi connectivity index (χ1v) is 10.7. The molecule has 3 aliphatic rings. The number of ketones is 1. The van der Waals surface area contributed by atoms with Crippen LogP contribution in [0.1, 0.15) is 66.2 Å². The molecule has 160 valence electrons. The van der Waals surface area contributed by atoms with E-state index in [4.69, 9.17) is 9.84 Å². The van der Waals surface area contributed by atoms with Crippen molar-refractivity contribution in [2.24, 2.45) is 34.0 Å². The lowest BCUT2D eigenvalue weighted by molar-refractivity contribution is -0.207. The molecule has 1 unspecified atom stereocenters. The van der Waals surface area contributed by atoms with Gasteiger partial charge < -0.3 is 20.1 Å². The van der Waals surface area contributed by atoms with Crippen LogP contribution < -0.4 is 0 Å². The van der Waals surface area contributed by atoms with Crippen LogP contribution in [-0.4, -0.2) is 52.5 Å². The van der Waals surface area contributed by atoms with E-state index in [1.807, 2.05) is 20.8 Å². The van der Waals surface area contributed by atoms with E-state index in [0.717, 1.165) is 25.7 Å². The minimum Gasteiger partial charge on any atom is -0.464 e. The molecule has 2 bridgehead atoms. The Kier molecular flexibility index (Phi) is 5.72. The number of esters is 1. The molecule has 0 aliphatic heterocycles. The van der Waals surface area contributed by atoms with E-state index in [2.05, 4.69) is 6.92 Å². The van der Waals surface area contributed by atoms with Crippen molar-refractivity contribution < 1.29 is 29.6 Å². The number of carbonyl (C=O) groups is 2. The van der Waals surface area contributed by atoms with Crippen LogP contribution in [0.5, 0.6) is 0 Å². The molecule has 0 amide bonds. The van der Waals surface area contributed by atoms with E-state index in [9.17, 15) is 19.8 Å². The highest BCUT2D eigenvalue weighted by Gasteiger charge is 2.68. The van der Waals surface area contributed by atoms with Crippen molar-refractivity contribution in [2.75, 3.05) is 13.2 Å². The van der Waals surface area contributed by atoms with E-state index in [1.54, 1.807) is 0 Å². The molecule has 3 N–H and O–H groups in total. The van der Waals surface area contributed by atoms with Crippen LogP contribution in [0.25, 0.3) is 0 Å². The molecule has 0 saturated heterocycles. The number of Topliss-reactive ketones (excluding diaryl/α,β-unsaturated/α-hetero) is 1. The first-order chi connectivity index (χ1) is 13.1. The first kappa shape index (κ1) is 21.7. The molecule has 0 aromatic rings. The summed E-state index contributed by atoms with van der Waals surface area (Å²) in [6.45, 7) is 7.57. The predicted octanol–water partition coefficient (Wildman–Crippen LogP) is 2.08. The molecule has 0 aromatic heterocycles. The Morgan fingerprint density at radius 2 is 1.93 bits per heavy atom. The molecule has 0 spiro atoms. The van der Waals surface area contributed by atoms with Crippen molar-refractivity contribution in [1.82, 2.24) is 0 Å². The van der Waals surface area contributed by atoms with Gasteiger partial charge in [0.05, 0.1) is 18.8 Å². The van der Waals surface area contributed by atoms with Gasteiger partial charge in [0.15, 0.2) is 0 Å². The van der Waals surface area contributed by atoms with Gasteiger partial charge >= 0.3 is 5.97 Å². The van der Waals surface area contributed by atoms with Gasteiger partial charge in [-0.3, -0.25) is 4.79 Å². The molecule has 8 atom stereocenters. The number of aliphatic hydroxyl groups excluding tert-OH is 3. The Balaban J connectivity index is 2.08. The van der Waals surface area contributed by atoms with Crippen molar-refractivity contribution in [3.05, 3.63) is 0 Å². The van der Waals surface area contributed by atoms with Gasteiger partial charge in [-0.25, -0.2) is 4.79 Å². The van der Waals surface area contributed by atoms with E-state index < -0.39 is 35.6 Å². The Bertz CT molecular complexity index is 635. The maximum Gasteiger partial charge on any atom is 0.331 e. The van der Waals surface area contributed by atoms with Crippen LogP contribution in [0.2, 0.25) is 0 Å². The van der Waals surface area contributed by atoms with Gasteiger partial charge in [-0.2, -0.15) is 0 Å². The quantitative estimate of drug-likeness (QED) is 0.629. The molecule has 0 heterocycles.